The van der Waals surface area contributed by atoms with E-state index in [1.807, 2.05) is 27.7 Å². The number of aromatic amines is 1. The van der Waals surface area contributed by atoms with Gasteiger partial charge in [0, 0.05) is 25.7 Å². The standard InChI is InChI=1S/C27H41N5O5/c1-7-8-9-14-37-21-12-10-20(11-13-21)26(35)30(6)17-22(33)31(15-18(2)3)23-24(28)32(16-19(4)5)27(36)29-25(23)34/h10-13,18-19H,7-9,14-17,28H2,1-6H3,(H,29,34,36). The van der Waals surface area contributed by atoms with Crippen LogP contribution in [0.3, 0.4) is 0 Å². The molecule has 0 radical (unpaired) electrons. The third-order valence-corrected chi connectivity index (χ3v) is 5.72. The van der Waals surface area contributed by atoms with Gasteiger partial charge in [0.15, 0.2) is 5.69 Å². The smallest absolute Gasteiger partial charge is 0.330 e. The number of nitrogens with two attached hydrogens (primary N) is 1. The summed E-state index contributed by atoms with van der Waals surface area (Å²) in [6.45, 7) is 10.6. The van der Waals surface area contributed by atoms with Crippen molar-refractivity contribution in [1.82, 2.24) is 14.5 Å². The Bertz CT molecular complexity index is 1170. The van der Waals surface area contributed by atoms with E-state index in [1.54, 1.807) is 24.3 Å². The van der Waals surface area contributed by atoms with E-state index in [0.717, 1.165) is 19.3 Å². The lowest BCUT2D eigenvalue weighted by Crippen LogP contribution is -2.47. The van der Waals surface area contributed by atoms with E-state index in [1.165, 1.54) is 21.4 Å². The molecule has 2 amide bonds. The molecule has 37 heavy (non-hydrogen) atoms. The Hall–Kier alpha value is -3.56. The van der Waals surface area contributed by atoms with Crippen molar-refractivity contribution in [3.05, 3.63) is 50.7 Å². The van der Waals surface area contributed by atoms with Crippen molar-refractivity contribution in [2.45, 2.75) is 60.4 Å². The molecule has 0 saturated heterocycles. The van der Waals surface area contributed by atoms with Crippen molar-refractivity contribution in [2.75, 3.05) is 37.4 Å². The molecule has 2 aromatic rings. The molecule has 2 rings (SSSR count). The van der Waals surface area contributed by atoms with Crippen molar-refractivity contribution in [1.29, 1.82) is 0 Å². The highest BCUT2D eigenvalue weighted by molar-refractivity contribution is 6.01. The third kappa shape index (κ3) is 8.23. The lowest BCUT2D eigenvalue weighted by molar-refractivity contribution is -0.119. The maximum absolute atomic E-state index is 13.4. The highest BCUT2D eigenvalue weighted by atomic mass is 16.5. The number of carbonyl (C=O) groups excluding carboxylic acids is 2. The normalized spacial score (nSPS) is 11.1. The molecule has 0 spiro atoms. The number of unbranched alkanes of at least 4 members (excludes halogenated alkanes) is 2. The van der Waals surface area contributed by atoms with Gasteiger partial charge in [-0.05, 0) is 42.5 Å². The maximum Gasteiger partial charge on any atom is 0.330 e. The predicted molar refractivity (Wildman–Crippen MR) is 146 cm³/mol. The number of hydrogen-bond donors (Lipinski definition) is 2. The van der Waals surface area contributed by atoms with Gasteiger partial charge < -0.3 is 20.3 Å². The zero-order valence-electron chi connectivity index (χ0n) is 22.9. The summed E-state index contributed by atoms with van der Waals surface area (Å²) in [6.07, 6.45) is 3.18. The zero-order valence-corrected chi connectivity index (χ0v) is 22.9. The van der Waals surface area contributed by atoms with Crippen molar-refractivity contribution >= 4 is 23.3 Å². The van der Waals surface area contributed by atoms with Crippen molar-refractivity contribution < 1.29 is 14.3 Å². The number of likely N-dealkylation sites (N-methyl/N-ethyl adjacent to an activating group) is 1. The topological polar surface area (TPSA) is 131 Å². The highest BCUT2D eigenvalue weighted by Gasteiger charge is 2.27. The van der Waals surface area contributed by atoms with E-state index in [2.05, 4.69) is 11.9 Å². The molecular formula is C27H41N5O5. The van der Waals surface area contributed by atoms with Crippen LogP contribution in [0.1, 0.15) is 64.2 Å². The molecule has 0 aliphatic rings. The number of nitrogens with zero attached hydrogens (tertiary/aromatic N) is 3. The summed E-state index contributed by atoms with van der Waals surface area (Å²) < 4.78 is 6.96. The fourth-order valence-electron chi connectivity index (χ4n) is 3.88. The molecule has 0 fully saturated rings. The number of carbonyl (C=O) groups is 2. The predicted octanol–water partition coefficient (Wildman–Crippen LogP) is 3.11. The molecule has 0 unspecified atom stereocenters. The van der Waals surface area contributed by atoms with E-state index < -0.39 is 17.2 Å². The van der Waals surface area contributed by atoms with Crippen molar-refractivity contribution in [3.63, 3.8) is 0 Å². The maximum atomic E-state index is 13.4. The van der Waals surface area contributed by atoms with E-state index in [0.29, 0.717) is 17.9 Å². The summed E-state index contributed by atoms with van der Waals surface area (Å²) in [7, 11) is 1.52. The monoisotopic (exact) mass is 515 g/mol. The second kappa shape index (κ2) is 13.7. The number of H-pyrrole nitrogens is 1. The molecule has 1 aromatic carbocycles. The molecule has 0 aliphatic carbocycles. The molecule has 3 N–H and O–H groups in total. The van der Waals surface area contributed by atoms with Crippen LogP contribution in [0.5, 0.6) is 5.75 Å². The van der Waals surface area contributed by atoms with Gasteiger partial charge in [-0.3, -0.25) is 23.9 Å². The Morgan fingerprint density at radius 1 is 1.05 bits per heavy atom. The number of anilines is 2. The van der Waals surface area contributed by atoms with Crippen LogP contribution in [-0.4, -0.2) is 53.0 Å². The van der Waals surface area contributed by atoms with E-state index >= 15 is 0 Å². The first-order valence-corrected chi connectivity index (χ1v) is 12.9. The van der Waals surface area contributed by atoms with Crippen LogP contribution in [0.2, 0.25) is 0 Å². The second-order valence-corrected chi connectivity index (χ2v) is 10.1. The first-order chi connectivity index (χ1) is 17.5. The number of ether oxygens (including phenoxy) is 1. The molecule has 1 heterocycles. The average molecular weight is 516 g/mol. The number of nitrogens with one attached hydrogen (secondary N) is 1. The van der Waals surface area contributed by atoms with Gasteiger partial charge in [-0.15, -0.1) is 0 Å². The number of nitrogen functional groups attached to an aromatic ring is 1. The van der Waals surface area contributed by atoms with Gasteiger partial charge >= 0.3 is 5.69 Å². The fourth-order valence-corrected chi connectivity index (χ4v) is 3.88. The second-order valence-electron chi connectivity index (χ2n) is 10.1. The van der Waals surface area contributed by atoms with Crippen LogP contribution in [0.15, 0.2) is 33.9 Å². The summed E-state index contributed by atoms with van der Waals surface area (Å²) in [5.74, 6) is -0.126. The van der Waals surface area contributed by atoms with Crippen LogP contribution >= 0.6 is 0 Å². The largest absolute Gasteiger partial charge is 0.494 e. The highest BCUT2D eigenvalue weighted by Crippen LogP contribution is 2.20. The van der Waals surface area contributed by atoms with Crippen molar-refractivity contribution in [3.8, 4) is 5.75 Å². The van der Waals surface area contributed by atoms with Crippen LogP contribution in [0.4, 0.5) is 11.5 Å². The minimum atomic E-state index is -0.736. The van der Waals surface area contributed by atoms with Gasteiger partial charge in [-0.25, -0.2) is 4.79 Å². The minimum Gasteiger partial charge on any atom is -0.494 e. The van der Waals surface area contributed by atoms with E-state index in [4.69, 9.17) is 10.5 Å². The minimum absolute atomic E-state index is 0.000829. The first kappa shape index (κ1) is 29.7. The Morgan fingerprint density at radius 3 is 2.27 bits per heavy atom. The summed E-state index contributed by atoms with van der Waals surface area (Å²) in [4.78, 5) is 56.4. The van der Waals surface area contributed by atoms with Gasteiger partial charge in [0.25, 0.3) is 11.5 Å². The molecule has 10 nitrogen and oxygen atoms in total. The molecule has 10 heteroatoms. The van der Waals surface area contributed by atoms with E-state index in [9.17, 15) is 19.2 Å². The average Bonchev–Trinajstić information content (AvgIpc) is 2.83. The van der Waals surface area contributed by atoms with Crippen LogP contribution in [0, 0.1) is 11.8 Å². The number of hydrogen-bond acceptors (Lipinski definition) is 6. The number of amides is 2. The zero-order chi connectivity index (χ0) is 27.7. The Balaban J connectivity index is 2.24. The lowest BCUT2D eigenvalue weighted by Gasteiger charge is -2.28. The summed E-state index contributed by atoms with van der Waals surface area (Å²) in [5.41, 5.74) is 5.22. The van der Waals surface area contributed by atoms with Crippen molar-refractivity contribution in [2.24, 2.45) is 11.8 Å². The quantitative estimate of drug-likeness (QED) is 0.394. The number of rotatable bonds is 13. The summed E-state index contributed by atoms with van der Waals surface area (Å²) in [5, 5.41) is 0. The van der Waals surface area contributed by atoms with Gasteiger partial charge in [0.05, 0.1) is 6.61 Å². The molecule has 1 aromatic heterocycles. The Kier molecular flexibility index (Phi) is 11.0. The molecule has 0 aliphatic heterocycles. The van der Waals surface area contributed by atoms with Crippen LogP contribution in [-0.2, 0) is 11.3 Å². The fraction of sp³-hybridized carbons (Fsp3) is 0.556. The van der Waals surface area contributed by atoms with Crippen LogP contribution in [0.25, 0.3) is 0 Å². The molecule has 0 atom stereocenters. The number of benzene rings is 1. The Morgan fingerprint density at radius 2 is 1.70 bits per heavy atom. The van der Waals surface area contributed by atoms with Gasteiger partial charge in [-0.2, -0.15) is 0 Å². The van der Waals surface area contributed by atoms with Gasteiger partial charge in [0.2, 0.25) is 5.91 Å². The van der Waals surface area contributed by atoms with Gasteiger partial charge in [0.1, 0.15) is 18.1 Å². The summed E-state index contributed by atoms with van der Waals surface area (Å²) in [6, 6.07) is 6.79. The van der Waals surface area contributed by atoms with Crippen LogP contribution < -0.4 is 26.6 Å². The lowest BCUT2D eigenvalue weighted by atomic mass is 10.1. The third-order valence-electron chi connectivity index (χ3n) is 5.72. The molecule has 0 saturated carbocycles. The molecule has 0 bridgehead atoms. The first-order valence-electron chi connectivity index (χ1n) is 12.9. The molecular weight excluding hydrogens is 474 g/mol. The number of aromatic nitrogens is 2. The van der Waals surface area contributed by atoms with E-state index in [-0.39, 0.29) is 48.9 Å². The SMILES string of the molecule is CCCCCOc1ccc(C(=O)N(C)CC(=O)N(CC(C)C)c2c(N)n(CC(C)C)c(=O)[nH]c2=O)cc1. The van der Waals surface area contributed by atoms with Gasteiger partial charge in [-0.1, -0.05) is 47.5 Å². The Labute approximate surface area is 218 Å². The molecule has 204 valence electrons. The summed E-state index contributed by atoms with van der Waals surface area (Å²) >= 11 is 0.